The van der Waals surface area contributed by atoms with Crippen LogP contribution in [0.5, 0.6) is 0 Å². The van der Waals surface area contributed by atoms with E-state index >= 15 is 0 Å². The first-order valence-electron chi connectivity index (χ1n) is 9.39. The quantitative estimate of drug-likeness (QED) is 0.649. The van der Waals surface area contributed by atoms with E-state index in [1.165, 1.54) is 7.11 Å². The number of benzene rings is 1. The maximum absolute atomic E-state index is 14.6. The third kappa shape index (κ3) is 2.13. The second-order valence-corrected chi connectivity index (χ2v) is 8.11. The topological polar surface area (TPSA) is 45.3 Å². The van der Waals surface area contributed by atoms with Gasteiger partial charge in [-0.3, -0.25) is 9.69 Å². The molecule has 27 heavy (non-hydrogen) atoms. The zero-order valence-electron chi connectivity index (χ0n) is 15.4. The summed E-state index contributed by atoms with van der Waals surface area (Å²) in [6.07, 6.45) is 2.93. The summed E-state index contributed by atoms with van der Waals surface area (Å²) in [5.74, 6) is -3.49. The van der Waals surface area contributed by atoms with Crippen molar-refractivity contribution in [3.63, 3.8) is 0 Å². The number of rotatable bonds is 2. The van der Waals surface area contributed by atoms with Crippen LogP contribution >= 0.6 is 0 Å². The Kier molecular flexibility index (Phi) is 3.39. The monoisotopic (exact) mass is 372 g/mol. The van der Waals surface area contributed by atoms with E-state index in [4.69, 9.17) is 4.74 Å². The van der Waals surface area contributed by atoms with E-state index in [1.54, 1.807) is 6.08 Å². The number of ether oxygens (including phenoxy) is 1. The van der Waals surface area contributed by atoms with Crippen LogP contribution in [0.15, 0.2) is 35.9 Å². The van der Waals surface area contributed by atoms with Crippen molar-refractivity contribution in [1.29, 1.82) is 0 Å². The predicted molar refractivity (Wildman–Crippen MR) is 97.9 cm³/mol. The fourth-order valence-electron chi connectivity index (χ4n) is 5.65. The number of alkyl halides is 2. The lowest BCUT2D eigenvalue weighted by molar-refractivity contribution is -0.155. The highest BCUT2D eigenvalue weighted by Crippen LogP contribution is 2.54. The van der Waals surface area contributed by atoms with Crippen molar-refractivity contribution in [3.8, 4) is 0 Å². The number of H-pyrrole nitrogens is 1. The van der Waals surface area contributed by atoms with Crippen LogP contribution in [0.1, 0.15) is 24.6 Å². The van der Waals surface area contributed by atoms with Gasteiger partial charge in [-0.2, -0.15) is 0 Å². The molecule has 1 N–H and O–H groups in total. The summed E-state index contributed by atoms with van der Waals surface area (Å²) in [5.41, 5.74) is 1.70. The van der Waals surface area contributed by atoms with Gasteiger partial charge in [-0.05, 0) is 30.4 Å². The molecule has 1 fully saturated rings. The molecule has 1 saturated heterocycles. The molecule has 3 aliphatic heterocycles. The lowest BCUT2D eigenvalue weighted by atomic mass is 9.60. The Labute approximate surface area is 156 Å². The summed E-state index contributed by atoms with van der Waals surface area (Å²) < 4.78 is 34.4. The number of para-hydroxylation sites is 1. The van der Waals surface area contributed by atoms with Gasteiger partial charge in [-0.25, -0.2) is 8.78 Å². The number of halogens is 2. The number of methoxy groups -OCH3 is 1. The van der Waals surface area contributed by atoms with Crippen LogP contribution in [0.2, 0.25) is 0 Å². The first kappa shape index (κ1) is 16.9. The maximum atomic E-state index is 14.6. The molecular weight excluding hydrogens is 350 g/mol. The van der Waals surface area contributed by atoms with E-state index in [9.17, 15) is 13.6 Å². The minimum atomic E-state index is -2.97. The van der Waals surface area contributed by atoms with Crippen LogP contribution in [-0.2, 0) is 21.4 Å². The number of aromatic nitrogens is 1. The van der Waals surface area contributed by atoms with E-state index in [0.29, 0.717) is 19.5 Å². The number of nitrogens with zero attached hydrogens (tertiary/aromatic N) is 1. The van der Waals surface area contributed by atoms with Crippen LogP contribution in [0, 0.1) is 5.92 Å². The van der Waals surface area contributed by atoms with Crippen molar-refractivity contribution in [1.82, 2.24) is 9.88 Å². The molecule has 4 aliphatic rings. The van der Waals surface area contributed by atoms with Crippen LogP contribution in [0.3, 0.4) is 0 Å². The summed E-state index contributed by atoms with van der Waals surface area (Å²) in [4.78, 5) is 18.7. The smallest absolute Gasteiger partial charge is 0.319 e. The van der Waals surface area contributed by atoms with Gasteiger partial charge in [0.2, 0.25) is 0 Å². The number of hydrogen-bond acceptors (Lipinski definition) is 3. The molecule has 1 aromatic heterocycles. The Morgan fingerprint density at radius 2 is 2.15 bits per heavy atom. The van der Waals surface area contributed by atoms with E-state index in [-0.39, 0.29) is 11.5 Å². The van der Waals surface area contributed by atoms with Gasteiger partial charge in [0.15, 0.2) is 0 Å². The van der Waals surface area contributed by atoms with E-state index in [0.717, 1.165) is 35.5 Å². The summed E-state index contributed by atoms with van der Waals surface area (Å²) in [6.45, 7) is 2.30. The molecule has 4 heterocycles. The van der Waals surface area contributed by atoms with Crippen molar-refractivity contribution in [2.24, 2.45) is 5.92 Å². The largest absolute Gasteiger partial charge is 0.468 e. The first-order valence-corrected chi connectivity index (χ1v) is 9.39. The molecule has 4 bridgehead atoms. The summed E-state index contributed by atoms with van der Waals surface area (Å²) in [5, 5.41) is 1.06. The van der Waals surface area contributed by atoms with Crippen molar-refractivity contribution in [2.45, 2.75) is 37.1 Å². The van der Waals surface area contributed by atoms with Gasteiger partial charge in [0, 0.05) is 42.2 Å². The number of aromatic amines is 1. The molecule has 2 aromatic rings. The standard InChI is InChI=1S/C21H22F2N2O2/c1-20(22,23)15-9-12-10-21(19(26)27-2)17-14(7-8-25(11-12)18(15)21)13-5-3-4-6-16(13)24-17/h3-6,9,12,18,24H,7-8,10-11H2,1-2H3/t12-,18+,21-/m0/s1. The normalized spacial score (nSPS) is 32.0. The lowest BCUT2D eigenvalue weighted by Crippen LogP contribution is -2.65. The molecule has 1 unspecified atom stereocenters. The molecule has 4 atom stereocenters. The highest BCUT2D eigenvalue weighted by molar-refractivity contribution is 5.92. The minimum absolute atomic E-state index is 0.0573. The van der Waals surface area contributed by atoms with Crippen molar-refractivity contribution in [2.75, 3.05) is 20.2 Å². The zero-order valence-corrected chi connectivity index (χ0v) is 15.4. The Hall–Kier alpha value is -2.21. The molecule has 4 nitrogen and oxygen atoms in total. The number of esters is 1. The van der Waals surface area contributed by atoms with Crippen LogP contribution in [-0.4, -0.2) is 48.0 Å². The second kappa shape index (κ2) is 5.41. The van der Waals surface area contributed by atoms with Gasteiger partial charge in [-0.15, -0.1) is 0 Å². The average Bonchev–Trinajstić information content (AvgIpc) is 2.99. The maximum Gasteiger partial charge on any atom is 0.319 e. The number of piperidine rings is 1. The first-order chi connectivity index (χ1) is 12.9. The SMILES string of the molecule is COC(=O)[C@]12C[C@@H]3C=C(C(C)(F)F)[C@H]1N(CCc1c2[nH]c2ccccc12)C3. The summed E-state index contributed by atoms with van der Waals surface area (Å²) >= 11 is 0. The number of carbonyl (C=O) groups excluding carboxylic acids is 1. The minimum Gasteiger partial charge on any atom is -0.468 e. The van der Waals surface area contributed by atoms with E-state index in [2.05, 4.69) is 9.88 Å². The fourth-order valence-corrected chi connectivity index (χ4v) is 5.65. The molecule has 142 valence electrons. The fraction of sp³-hybridized carbons (Fsp3) is 0.476. The van der Waals surface area contributed by atoms with Gasteiger partial charge in [0.05, 0.1) is 13.2 Å². The summed E-state index contributed by atoms with van der Waals surface area (Å²) in [6, 6.07) is 7.23. The van der Waals surface area contributed by atoms with Gasteiger partial charge in [0.1, 0.15) is 5.41 Å². The van der Waals surface area contributed by atoms with Crippen LogP contribution in [0.25, 0.3) is 10.9 Å². The Morgan fingerprint density at radius 1 is 1.37 bits per heavy atom. The average molecular weight is 372 g/mol. The summed E-state index contributed by atoms with van der Waals surface area (Å²) in [7, 11) is 1.35. The van der Waals surface area contributed by atoms with Gasteiger partial charge in [-0.1, -0.05) is 24.3 Å². The Balaban J connectivity index is 1.83. The number of nitrogens with one attached hydrogen (secondary N) is 1. The lowest BCUT2D eigenvalue weighted by Gasteiger charge is -2.54. The third-order valence-electron chi connectivity index (χ3n) is 6.56. The predicted octanol–water partition coefficient (Wildman–Crippen LogP) is 3.42. The molecule has 1 aromatic carbocycles. The molecule has 0 radical (unpaired) electrons. The molecule has 0 spiro atoms. The van der Waals surface area contributed by atoms with Crippen LogP contribution in [0.4, 0.5) is 8.78 Å². The molecule has 1 aliphatic carbocycles. The number of fused-ring (bicyclic) bond motifs is 3. The highest BCUT2D eigenvalue weighted by atomic mass is 19.3. The number of carbonyl (C=O) groups is 1. The van der Waals surface area contributed by atoms with E-state index in [1.807, 2.05) is 24.3 Å². The molecule has 6 heteroatoms. The Morgan fingerprint density at radius 3 is 2.89 bits per heavy atom. The molecular formula is C21H22F2N2O2. The second-order valence-electron chi connectivity index (χ2n) is 8.11. The molecule has 0 saturated carbocycles. The van der Waals surface area contributed by atoms with Gasteiger partial charge >= 0.3 is 5.97 Å². The zero-order chi connectivity index (χ0) is 19.0. The third-order valence-corrected chi connectivity index (χ3v) is 6.56. The molecule has 0 amide bonds. The van der Waals surface area contributed by atoms with Crippen molar-refractivity contribution in [3.05, 3.63) is 47.2 Å². The van der Waals surface area contributed by atoms with Crippen LogP contribution < -0.4 is 0 Å². The number of hydrogen-bond donors (Lipinski definition) is 1. The molecule has 6 rings (SSSR count). The van der Waals surface area contributed by atoms with Crippen molar-refractivity contribution < 1.29 is 18.3 Å². The van der Waals surface area contributed by atoms with Crippen molar-refractivity contribution >= 4 is 16.9 Å². The van der Waals surface area contributed by atoms with Gasteiger partial charge < -0.3 is 9.72 Å². The van der Waals surface area contributed by atoms with E-state index < -0.39 is 23.3 Å². The van der Waals surface area contributed by atoms with Gasteiger partial charge in [0.25, 0.3) is 5.92 Å². The highest BCUT2D eigenvalue weighted by Gasteiger charge is 2.63. The Bertz CT molecular complexity index is 974.